The van der Waals surface area contributed by atoms with Gasteiger partial charge in [-0.3, -0.25) is 9.59 Å². The second-order valence-electron chi connectivity index (χ2n) is 6.73. The van der Waals surface area contributed by atoms with Crippen molar-refractivity contribution in [3.63, 3.8) is 0 Å². The average molecular weight is 412 g/mol. The van der Waals surface area contributed by atoms with Crippen LogP contribution in [0.15, 0.2) is 91.0 Å². The zero-order valence-corrected chi connectivity index (χ0v) is 16.6. The highest BCUT2D eigenvalue weighted by Gasteiger charge is 2.15. The minimum atomic E-state index is -0.620. The molecule has 31 heavy (non-hydrogen) atoms. The summed E-state index contributed by atoms with van der Waals surface area (Å²) in [6.45, 7) is -0.287. The Balaban J connectivity index is 1.57. The van der Waals surface area contributed by atoms with Crippen LogP contribution in [0.3, 0.4) is 0 Å². The molecule has 7 nitrogen and oxygen atoms in total. The van der Waals surface area contributed by atoms with E-state index in [0.29, 0.717) is 5.82 Å². The van der Waals surface area contributed by atoms with E-state index in [0.717, 1.165) is 16.9 Å². The number of aromatic nitrogens is 2. The molecule has 4 rings (SSSR count). The van der Waals surface area contributed by atoms with E-state index in [1.807, 2.05) is 60.7 Å². The number of carbonyl (C=O) groups excluding carboxylic acids is 2. The van der Waals surface area contributed by atoms with Crippen LogP contribution in [0.25, 0.3) is 16.9 Å². The molecular weight excluding hydrogens is 392 g/mol. The van der Waals surface area contributed by atoms with Crippen molar-refractivity contribution in [3.05, 3.63) is 96.6 Å². The summed E-state index contributed by atoms with van der Waals surface area (Å²) in [4.78, 5) is 24.1. The molecule has 0 aliphatic heterocycles. The lowest BCUT2D eigenvalue weighted by Gasteiger charge is -2.11. The summed E-state index contributed by atoms with van der Waals surface area (Å²) in [6, 6.07) is 27.5. The van der Waals surface area contributed by atoms with Gasteiger partial charge >= 0.3 is 0 Å². The molecule has 0 aliphatic rings. The van der Waals surface area contributed by atoms with Crippen molar-refractivity contribution < 1.29 is 14.3 Å². The van der Waals surface area contributed by atoms with E-state index in [-0.39, 0.29) is 17.9 Å². The smallest absolute Gasteiger partial charge is 0.263 e. The molecule has 1 heterocycles. The van der Waals surface area contributed by atoms with Crippen molar-refractivity contribution in [3.8, 4) is 22.7 Å². The van der Waals surface area contributed by atoms with Crippen molar-refractivity contribution in [1.29, 1.82) is 0 Å². The summed E-state index contributed by atoms with van der Waals surface area (Å²) < 4.78 is 7.19. The number of rotatable bonds is 7. The van der Waals surface area contributed by atoms with Gasteiger partial charge in [0, 0.05) is 11.6 Å². The van der Waals surface area contributed by atoms with Gasteiger partial charge in [-0.2, -0.15) is 5.10 Å². The highest BCUT2D eigenvalue weighted by atomic mass is 16.5. The number of primary amides is 1. The van der Waals surface area contributed by atoms with Crippen LogP contribution in [0.1, 0.15) is 10.4 Å². The van der Waals surface area contributed by atoms with Crippen molar-refractivity contribution in [1.82, 2.24) is 9.78 Å². The van der Waals surface area contributed by atoms with E-state index in [4.69, 9.17) is 10.5 Å². The molecule has 154 valence electrons. The summed E-state index contributed by atoms with van der Waals surface area (Å²) in [6.07, 6.45) is 0. The number of benzene rings is 3. The van der Waals surface area contributed by atoms with Crippen LogP contribution in [0.4, 0.5) is 5.82 Å². The second kappa shape index (κ2) is 8.96. The molecule has 0 spiro atoms. The van der Waals surface area contributed by atoms with Crippen LogP contribution in [0, 0.1) is 0 Å². The van der Waals surface area contributed by atoms with Gasteiger partial charge in [0.15, 0.2) is 6.61 Å². The maximum Gasteiger partial charge on any atom is 0.263 e. The molecule has 0 unspecified atom stereocenters. The molecule has 0 aliphatic carbocycles. The fraction of sp³-hybridized carbons (Fsp3) is 0.0417. The van der Waals surface area contributed by atoms with E-state index >= 15 is 0 Å². The third-order valence-corrected chi connectivity index (χ3v) is 4.56. The third kappa shape index (κ3) is 4.62. The number of amides is 2. The summed E-state index contributed by atoms with van der Waals surface area (Å²) in [5.74, 6) is -0.254. The van der Waals surface area contributed by atoms with Gasteiger partial charge in [0.05, 0.1) is 16.9 Å². The van der Waals surface area contributed by atoms with Gasteiger partial charge in [-0.1, -0.05) is 60.7 Å². The number of nitrogens with one attached hydrogen (secondary N) is 1. The fourth-order valence-corrected chi connectivity index (χ4v) is 3.10. The summed E-state index contributed by atoms with van der Waals surface area (Å²) in [5, 5.41) is 7.50. The quantitative estimate of drug-likeness (QED) is 0.484. The monoisotopic (exact) mass is 412 g/mol. The van der Waals surface area contributed by atoms with E-state index in [2.05, 4.69) is 10.4 Å². The second-order valence-corrected chi connectivity index (χ2v) is 6.73. The van der Waals surface area contributed by atoms with Crippen molar-refractivity contribution >= 4 is 17.6 Å². The number of carbonyl (C=O) groups is 2. The zero-order chi connectivity index (χ0) is 21.6. The number of nitrogens with zero attached hydrogens (tertiary/aromatic N) is 2. The lowest BCUT2D eigenvalue weighted by molar-refractivity contribution is -0.118. The van der Waals surface area contributed by atoms with Crippen molar-refractivity contribution in [2.24, 2.45) is 5.73 Å². The first-order chi connectivity index (χ1) is 15.1. The van der Waals surface area contributed by atoms with Crippen LogP contribution >= 0.6 is 0 Å². The van der Waals surface area contributed by atoms with Crippen LogP contribution in [-0.2, 0) is 4.79 Å². The Bertz CT molecular complexity index is 1200. The number of para-hydroxylation sites is 2. The first kappa shape index (κ1) is 19.9. The van der Waals surface area contributed by atoms with Gasteiger partial charge < -0.3 is 15.8 Å². The molecule has 3 N–H and O–H groups in total. The lowest BCUT2D eigenvalue weighted by Crippen LogP contribution is -2.23. The predicted octanol–water partition coefficient (Wildman–Crippen LogP) is 3.66. The van der Waals surface area contributed by atoms with Crippen LogP contribution in [0.2, 0.25) is 0 Å². The Morgan fingerprint density at radius 1 is 0.903 bits per heavy atom. The van der Waals surface area contributed by atoms with Crippen molar-refractivity contribution in [2.45, 2.75) is 0 Å². The van der Waals surface area contributed by atoms with Crippen LogP contribution in [-0.4, -0.2) is 28.2 Å². The normalized spacial score (nSPS) is 10.5. The number of hydrogen-bond donors (Lipinski definition) is 2. The Labute approximate surface area is 179 Å². The summed E-state index contributed by atoms with van der Waals surface area (Å²) >= 11 is 0. The minimum absolute atomic E-state index is 0.219. The molecule has 1 aromatic heterocycles. The minimum Gasteiger partial charge on any atom is -0.483 e. The Kier molecular flexibility index (Phi) is 5.75. The molecule has 2 amide bonds. The summed E-state index contributed by atoms with van der Waals surface area (Å²) in [5.41, 5.74) is 8.03. The molecule has 0 atom stereocenters. The molecule has 0 bridgehead atoms. The fourth-order valence-electron chi connectivity index (χ4n) is 3.10. The molecule has 0 saturated heterocycles. The van der Waals surface area contributed by atoms with Crippen molar-refractivity contribution in [2.75, 3.05) is 11.9 Å². The van der Waals surface area contributed by atoms with E-state index in [1.54, 1.807) is 35.0 Å². The topological polar surface area (TPSA) is 99.2 Å². The third-order valence-electron chi connectivity index (χ3n) is 4.56. The molecule has 3 aromatic carbocycles. The average Bonchev–Trinajstić information content (AvgIpc) is 3.22. The SMILES string of the molecule is NC(=O)c1ccccc1OCC(=O)Nc1cc(-c2ccccc2)nn1-c1ccccc1. The van der Waals surface area contributed by atoms with E-state index in [1.165, 1.54) is 0 Å². The Morgan fingerprint density at radius 2 is 1.55 bits per heavy atom. The largest absolute Gasteiger partial charge is 0.483 e. The first-order valence-corrected chi connectivity index (χ1v) is 9.64. The lowest BCUT2D eigenvalue weighted by atomic mass is 10.2. The highest BCUT2D eigenvalue weighted by molar-refractivity contribution is 5.96. The molecule has 4 aromatic rings. The van der Waals surface area contributed by atoms with Gasteiger partial charge in [-0.25, -0.2) is 4.68 Å². The van der Waals surface area contributed by atoms with E-state index < -0.39 is 11.8 Å². The zero-order valence-electron chi connectivity index (χ0n) is 16.6. The van der Waals surface area contributed by atoms with Gasteiger partial charge in [-0.05, 0) is 24.3 Å². The first-order valence-electron chi connectivity index (χ1n) is 9.64. The van der Waals surface area contributed by atoms with Gasteiger partial charge in [0.1, 0.15) is 11.6 Å². The number of ether oxygens (including phenoxy) is 1. The molecule has 0 fully saturated rings. The Hall–Kier alpha value is -4.39. The highest BCUT2D eigenvalue weighted by Crippen LogP contribution is 2.25. The molecule has 7 heteroatoms. The van der Waals surface area contributed by atoms with Crippen LogP contribution < -0.4 is 15.8 Å². The van der Waals surface area contributed by atoms with Gasteiger partial charge in [0.2, 0.25) is 0 Å². The summed E-state index contributed by atoms with van der Waals surface area (Å²) in [7, 11) is 0. The maximum absolute atomic E-state index is 12.6. The van der Waals surface area contributed by atoms with Gasteiger partial charge in [-0.15, -0.1) is 0 Å². The van der Waals surface area contributed by atoms with E-state index in [9.17, 15) is 9.59 Å². The number of nitrogens with two attached hydrogens (primary N) is 1. The predicted molar refractivity (Wildman–Crippen MR) is 118 cm³/mol. The number of hydrogen-bond acceptors (Lipinski definition) is 4. The molecule has 0 radical (unpaired) electrons. The maximum atomic E-state index is 12.6. The van der Waals surface area contributed by atoms with Gasteiger partial charge in [0.25, 0.3) is 11.8 Å². The Morgan fingerprint density at radius 3 is 2.26 bits per heavy atom. The number of anilines is 1. The van der Waals surface area contributed by atoms with Crippen LogP contribution in [0.5, 0.6) is 5.75 Å². The molecule has 0 saturated carbocycles. The molecular formula is C24H20N4O3. The standard InChI is InChI=1S/C24H20N4O3/c25-24(30)19-13-7-8-14-21(19)31-16-23(29)26-22-15-20(17-9-3-1-4-10-17)27-28(22)18-11-5-2-6-12-18/h1-15H,16H2,(H2,25,30)(H,26,29).